The molecule has 0 spiro atoms. The maximum absolute atomic E-state index is 7.53. The lowest BCUT2D eigenvalue weighted by Crippen LogP contribution is -2.30. The molecule has 0 saturated carbocycles. The van der Waals surface area contributed by atoms with E-state index in [9.17, 15) is 0 Å². The highest BCUT2D eigenvalue weighted by atomic mass is 16.5. The summed E-state index contributed by atoms with van der Waals surface area (Å²) in [5.41, 5.74) is 21.4. The second-order valence-electron chi connectivity index (χ2n) is 26.1. The number of para-hydroxylation sites is 4. The van der Waals surface area contributed by atoms with Gasteiger partial charge in [-0.15, -0.1) is 0 Å². The van der Waals surface area contributed by atoms with Crippen molar-refractivity contribution in [2.24, 2.45) is 0 Å². The Morgan fingerprint density at radius 2 is 0.964 bits per heavy atom. The van der Waals surface area contributed by atoms with Crippen LogP contribution >= 0.6 is 0 Å². The van der Waals surface area contributed by atoms with Gasteiger partial charge in [0.25, 0.3) is 0 Å². The summed E-state index contributed by atoms with van der Waals surface area (Å²) in [6.07, 6.45) is 1.94. The molecule has 0 radical (unpaired) electrons. The molecule has 412 valence electrons. The van der Waals surface area contributed by atoms with Crippen LogP contribution in [0.25, 0.3) is 61.0 Å². The Morgan fingerprint density at radius 1 is 0.393 bits per heavy atom. The average molecular weight is 1090 g/mol. The molecule has 14 rings (SSSR count). The SMILES string of the molecule is CC(C)(C)c1ccc(C2(c3cc(Oc4ccc5c6ccccc6n(-c6cc(C(C)(C)C)ccn6)c5c4)cc(N4CN(c5c(-c6ccccc6)cccc5-c5ccccc5)c5ccccc54)c3)c3ccccc3-c3ccc(C(C)(C)C)cc32)cc1. The zero-order valence-corrected chi connectivity index (χ0v) is 49.6. The first-order valence-corrected chi connectivity index (χ1v) is 29.6. The highest BCUT2D eigenvalue weighted by molar-refractivity contribution is 6.09. The van der Waals surface area contributed by atoms with Crippen LogP contribution in [-0.4, -0.2) is 16.2 Å². The number of rotatable bonds is 9. The first-order valence-electron chi connectivity index (χ1n) is 29.6. The lowest BCUT2D eigenvalue weighted by atomic mass is 9.66. The molecule has 1 aliphatic carbocycles. The van der Waals surface area contributed by atoms with Crippen molar-refractivity contribution in [3.05, 3.63) is 288 Å². The lowest BCUT2D eigenvalue weighted by Gasteiger charge is -2.36. The molecule has 5 heteroatoms. The van der Waals surface area contributed by atoms with Gasteiger partial charge in [0.1, 0.15) is 24.0 Å². The van der Waals surface area contributed by atoms with Gasteiger partial charge < -0.3 is 14.5 Å². The van der Waals surface area contributed by atoms with E-state index in [1.165, 1.54) is 72.1 Å². The molecule has 1 aliphatic heterocycles. The van der Waals surface area contributed by atoms with Gasteiger partial charge in [0, 0.05) is 45.9 Å². The Bertz CT molecular complexity index is 4440. The number of anilines is 4. The van der Waals surface area contributed by atoms with E-state index in [1.807, 2.05) is 6.20 Å². The molecule has 2 aliphatic rings. The van der Waals surface area contributed by atoms with Crippen molar-refractivity contribution < 1.29 is 4.74 Å². The summed E-state index contributed by atoms with van der Waals surface area (Å²) in [6, 6.07) is 89.9. The zero-order valence-electron chi connectivity index (χ0n) is 49.6. The van der Waals surface area contributed by atoms with Gasteiger partial charge in [0.15, 0.2) is 0 Å². The number of pyridine rings is 1. The molecular weight excluding hydrogens is 1020 g/mol. The Balaban J connectivity index is 1.02. The molecule has 2 aromatic heterocycles. The lowest BCUT2D eigenvalue weighted by molar-refractivity contribution is 0.482. The average Bonchev–Trinajstić information content (AvgIpc) is 2.51. The highest BCUT2D eigenvalue weighted by Gasteiger charge is 2.47. The monoisotopic (exact) mass is 1090 g/mol. The van der Waals surface area contributed by atoms with E-state index in [2.05, 4.69) is 319 Å². The minimum Gasteiger partial charge on any atom is -0.457 e. The van der Waals surface area contributed by atoms with Crippen LogP contribution in [0.1, 0.15) is 101 Å². The number of fused-ring (bicyclic) bond motifs is 7. The van der Waals surface area contributed by atoms with Crippen molar-refractivity contribution in [3.63, 3.8) is 0 Å². The molecule has 5 nitrogen and oxygen atoms in total. The molecule has 0 saturated heterocycles. The van der Waals surface area contributed by atoms with Gasteiger partial charge in [-0.2, -0.15) is 0 Å². The van der Waals surface area contributed by atoms with E-state index in [0.717, 1.165) is 62.0 Å². The highest BCUT2D eigenvalue weighted by Crippen LogP contribution is 2.59. The summed E-state index contributed by atoms with van der Waals surface area (Å²) in [5.74, 6) is 2.36. The third kappa shape index (κ3) is 8.79. The van der Waals surface area contributed by atoms with Crippen molar-refractivity contribution in [1.82, 2.24) is 9.55 Å². The maximum atomic E-state index is 7.53. The summed E-state index contributed by atoms with van der Waals surface area (Å²) in [5, 5.41) is 2.31. The predicted molar refractivity (Wildman–Crippen MR) is 351 cm³/mol. The van der Waals surface area contributed by atoms with Crippen molar-refractivity contribution in [1.29, 1.82) is 0 Å². The van der Waals surface area contributed by atoms with Crippen LogP contribution in [-0.2, 0) is 21.7 Å². The van der Waals surface area contributed by atoms with Crippen LogP contribution in [0.5, 0.6) is 11.5 Å². The summed E-state index contributed by atoms with van der Waals surface area (Å²) in [6.45, 7) is 21.2. The second kappa shape index (κ2) is 19.9. The van der Waals surface area contributed by atoms with Crippen LogP contribution in [0.15, 0.2) is 249 Å². The summed E-state index contributed by atoms with van der Waals surface area (Å²) >= 11 is 0. The van der Waals surface area contributed by atoms with E-state index >= 15 is 0 Å². The maximum Gasteiger partial charge on any atom is 0.137 e. The Hall–Kier alpha value is -9.45. The minimum atomic E-state index is -0.753. The van der Waals surface area contributed by atoms with Gasteiger partial charge >= 0.3 is 0 Å². The summed E-state index contributed by atoms with van der Waals surface area (Å²) < 4.78 is 9.83. The predicted octanol–water partition coefficient (Wildman–Crippen LogP) is 20.8. The van der Waals surface area contributed by atoms with E-state index in [0.29, 0.717) is 6.67 Å². The van der Waals surface area contributed by atoms with Gasteiger partial charge in [-0.05, 0) is 132 Å². The van der Waals surface area contributed by atoms with Crippen LogP contribution in [0.2, 0.25) is 0 Å². The Kier molecular flexibility index (Phi) is 12.5. The van der Waals surface area contributed by atoms with Crippen LogP contribution < -0.4 is 14.5 Å². The fourth-order valence-electron chi connectivity index (χ4n) is 13.3. The molecule has 0 fully saturated rings. The fraction of sp³-hybridized carbons (Fsp3) is 0.177. The molecular formula is C79H70N4O. The van der Waals surface area contributed by atoms with E-state index in [1.54, 1.807) is 0 Å². The third-order valence-corrected chi connectivity index (χ3v) is 17.7. The number of hydrogen-bond donors (Lipinski definition) is 0. The topological polar surface area (TPSA) is 33.5 Å². The van der Waals surface area contributed by atoms with Gasteiger partial charge in [0.05, 0.1) is 33.5 Å². The Labute approximate surface area is 495 Å². The van der Waals surface area contributed by atoms with Crippen LogP contribution in [0.3, 0.4) is 0 Å². The second-order valence-corrected chi connectivity index (χ2v) is 26.1. The molecule has 84 heavy (non-hydrogen) atoms. The minimum absolute atomic E-state index is 0.0374. The normalized spacial score (nSPS) is 14.9. The fourth-order valence-corrected chi connectivity index (χ4v) is 13.3. The molecule has 1 unspecified atom stereocenters. The molecule has 0 amide bonds. The summed E-state index contributed by atoms with van der Waals surface area (Å²) in [4.78, 5) is 10.1. The third-order valence-electron chi connectivity index (χ3n) is 17.7. The first kappa shape index (κ1) is 52.6. The van der Waals surface area contributed by atoms with E-state index < -0.39 is 5.41 Å². The number of nitrogens with zero attached hydrogens (tertiary/aromatic N) is 4. The molecule has 1 atom stereocenters. The van der Waals surface area contributed by atoms with Crippen molar-refractivity contribution in [2.75, 3.05) is 16.5 Å². The van der Waals surface area contributed by atoms with Gasteiger partial charge in [0.2, 0.25) is 0 Å². The quantitative estimate of drug-likeness (QED) is 0.144. The number of benzene rings is 10. The van der Waals surface area contributed by atoms with Crippen molar-refractivity contribution in [2.45, 2.75) is 84.0 Å². The van der Waals surface area contributed by atoms with Crippen molar-refractivity contribution >= 4 is 44.6 Å². The van der Waals surface area contributed by atoms with E-state index in [-0.39, 0.29) is 16.2 Å². The van der Waals surface area contributed by atoms with Gasteiger partial charge in [-0.1, -0.05) is 238 Å². The smallest absolute Gasteiger partial charge is 0.137 e. The van der Waals surface area contributed by atoms with Gasteiger partial charge in [-0.25, -0.2) is 4.98 Å². The molecule has 12 aromatic rings. The van der Waals surface area contributed by atoms with E-state index in [4.69, 9.17) is 9.72 Å². The van der Waals surface area contributed by atoms with Crippen LogP contribution in [0.4, 0.5) is 22.7 Å². The number of hydrogen-bond acceptors (Lipinski definition) is 4. The Morgan fingerprint density at radius 3 is 1.65 bits per heavy atom. The molecule has 3 heterocycles. The zero-order chi connectivity index (χ0) is 57.7. The molecule has 0 N–H and O–H groups in total. The molecule has 0 bridgehead atoms. The van der Waals surface area contributed by atoms with Crippen LogP contribution in [0, 0.1) is 0 Å². The standard InChI is InChI=1S/C79H70N4O/c1-76(2,3)54-35-37-55(38-36-54)79(68-31-18-16-27-64(68)65-41-39-56(47-69(65)79)77(4,5)6)58-45-59(49-61(46-58)84-60-40-42-67-66-28-17-19-32-70(66)83(73(67)50-60)74-48-57(43-44-80-74)78(7,8)9)81-51-82(72-34-21-20-33-71(72)81)75-62(52-23-12-10-13-24-52)29-22-30-63(75)53-25-14-11-15-26-53/h10-50H,51H2,1-9H3. The van der Waals surface area contributed by atoms with Crippen molar-refractivity contribution in [3.8, 4) is 50.7 Å². The number of aromatic nitrogens is 2. The molecule has 10 aromatic carbocycles. The summed E-state index contributed by atoms with van der Waals surface area (Å²) in [7, 11) is 0. The van der Waals surface area contributed by atoms with Gasteiger partial charge in [-0.3, -0.25) is 4.57 Å². The first-order chi connectivity index (χ1) is 40.5. The largest absolute Gasteiger partial charge is 0.457 e. The number of ether oxygens (including phenoxy) is 1.